The summed E-state index contributed by atoms with van der Waals surface area (Å²) in [6.07, 6.45) is 0.374. The summed E-state index contributed by atoms with van der Waals surface area (Å²) < 4.78 is 6.41. The van der Waals surface area contributed by atoms with Crippen molar-refractivity contribution in [3.05, 3.63) is 58.6 Å². The molecule has 1 amide bonds. The first-order valence-corrected chi connectivity index (χ1v) is 9.23. The van der Waals surface area contributed by atoms with Crippen LogP contribution in [0.25, 0.3) is 0 Å². The molecular weight excluding hydrogens is 398 g/mol. The van der Waals surface area contributed by atoms with E-state index in [1.54, 1.807) is 17.0 Å². The molecule has 0 fully saturated rings. The molecule has 2 aromatic carbocycles. The quantitative estimate of drug-likeness (QED) is 0.700. The first kappa shape index (κ1) is 18.6. The van der Waals surface area contributed by atoms with Crippen LogP contribution in [0.1, 0.15) is 25.3 Å². The third-order valence-electron chi connectivity index (χ3n) is 4.34. The topological polar surface area (TPSA) is 66.8 Å². The summed E-state index contributed by atoms with van der Waals surface area (Å²) in [5.74, 6) is 0.0826. The minimum absolute atomic E-state index is 0.230. The van der Waals surface area contributed by atoms with Gasteiger partial charge in [0.05, 0.1) is 12.3 Å². The van der Waals surface area contributed by atoms with Crippen molar-refractivity contribution in [3.8, 4) is 5.75 Å². The summed E-state index contributed by atoms with van der Waals surface area (Å²) in [4.78, 5) is 26.0. The van der Waals surface area contributed by atoms with Crippen LogP contribution in [0, 0.1) is 0 Å². The van der Waals surface area contributed by atoms with Gasteiger partial charge in [-0.25, -0.2) is 0 Å². The number of para-hydroxylation sites is 1. The Morgan fingerprint density at radius 3 is 2.65 bits per heavy atom. The average Bonchev–Trinajstić information content (AvgIpc) is 2.80. The summed E-state index contributed by atoms with van der Waals surface area (Å²) >= 11 is 3.37. The third kappa shape index (κ3) is 3.66. The molecule has 0 bridgehead atoms. The van der Waals surface area contributed by atoms with E-state index < -0.39 is 11.5 Å². The molecule has 1 N–H and O–H groups in total. The van der Waals surface area contributed by atoms with Crippen molar-refractivity contribution in [3.63, 3.8) is 0 Å². The Balaban J connectivity index is 1.73. The lowest BCUT2D eigenvalue weighted by molar-refractivity contribution is -0.141. The predicted octanol–water partition coefficient (Wildman–Crippen LogP) is 3.43. The number of rotatable bonds is 7. The molecule has 26 heavy (non-hydrogen) atoms. The molecule has 6 heteroatoms. The Morgan fingerprint density at radius 1 is 1.23 bits per heavy atom. The summed E-state index contributed by atoms with van der Waals surface area (Å²) in [6, 6.07) is 14.8. The van der Waals surface area contributed by atoms with E-state index in [0.29, 0.717) is 30.8 Å². The van der Waals surface area contributed by atoms with Gasteiger partial charge in [0.25, 0.3) is 5.91 Å². The van der Waals surface area contributed by atoms with Crippen LogP contribution in [-0.4, -0.2) is 29.9 Å². The molecule has 0 aliphatic carbocycles. The van der Waals surface area contributed by atoms with Crippen LogP contribution in [0.15, 0.2) is 53.0 Å². The number of hydrogen-bond acceptors (Lipinski definition) is 4. The molecule has 3 rings (SSSR count). The van der Waals surface area contributed by atoms with E-state index in [9.17, 15) is 14.7 Å². The van der Waals surface area contributed by atoms with E-state index in [4.69, 9.17) is 4.74 Å². The molecule has 2 aromatic rings. The van der Waals surface area contributed by atoms with Gasteiger partial charge in [0, 0.05) is 23.0 Å². The SMILES string of the molecule is CC(=O)CC1(O)C(=O)N(CCCOc2ccccc2)c2ccc(Br)cc21. The second-order valence-electron chi connectivity index (χ2n) is 6.37. The number of nitrogens with zero attached hydrogens (tertiary/aromatic N) is 1. The van der Waals surface area contributed by atoms with E-state index >= 15 is 0 Å². The van der Waals surface area contributed by atoms with Crippen LogP contribution in [0.5, 0.6) is 5.75 Å². The number of halogens is 1. The Morgan fingerprint density at radius 2 is 1.96 bits per heavy atom. The Hall–Kier alpha value is -2.18. The van der Waals surface area contributed by atoms with Crippen LogP contribution in [0.2, 0.25) is 0 Å². The highest BCUT2D eigenvalue weighted by molar-refractivity contribution is 9.10. The molecule has 0 saturated heterocycles. The summed E-state index contributed by atoms with van der Waals surface area (Å²) in [5, 5.41) is 10.9. The van der Waals surface area contributed by atoms with Crippen LogP contribution in [0.3, 0.4) is 0 Å². The van der Waals surface area contributed by atoms with Crippen LogP contribution < -0.4 is 9.64 Å². The fourth-order valence-corrected chi connectivity index (χ4v) is 3.57. The minimum Gasteiger partial charge on any atom is -0.494 e. The van der Waals surface area contributed by atoms with Crippen molar-refractivity contribution in [2.24, 2.45) is 0 Å². The lowest BCUT2D eigenvalue weighted by Crippen LogP contribution is -2.42. The summed E-state index contributed by atoms with van der Waals surface area (Å²) in [7, 11) is 0. The molecule has 1 aliphatic heterocycles. The smallest absolute Gasteiger partial charge is 0.264 e. The second-order valence-corrected chi connectivity index (χ2v) is 7.29. The van der Waals surface area contributed by atoms with Crippen LogP contribution in [-0.2, 0) is 15.2 Å². The number of benzene rings is 2. The maximum Gasteiger partial charge on any atom is 0.264 e. The lowest BCUT2D eigenvalue weighted by atomic mass is 9.90. The van der Waals surface area contributed by atoms with Crippen molar-refractivity contribution < 1.29 is 19.4 Å². The number of ketones is 1. The number of hydrogen-bond donors (Lipinski definition) is 1. The fourth-order valence-electron chi connectivity index (χ4n) is 3.21. The molecular formula is C20H20BrNO4. The van der Waals surface area contributed by atoms with Gasteiger partial charge in [0.15, 0.2) is 5.60 Å². The monoisotopic (exact) mass is 417 g/mol. The van der Waals surface area contributed by atoms with E-state index in [2.05, 4.69) is 15.9 Å². The largest absolute Gasteiger partial charge is 0.494 e. The van der Waals surface area contributed by atoms with E-state index in [1.165, 1.54) is 6.92 Å². The summed E-state index contributed by atoms with van der Waals surface area (Å²) in [5.41, 5.74) is -0.691. The molecule has 136 valence electrons. The number of carbonyl (C=O) groups excluding carboxylic acids is 2. The standard InChI is InChI=1S/C20H20BrNO4/c1-14(23)13-20(25)17-12-15(21)8-9-18(17)22(19(20)24)10-5-11-26-16-6-3-2-4-7-16/h2-4,6-9,12,25H,5,10-11,13H2,1H3. The van der Waals surface area contributed by atoms with Crippen molar-refractivity contribution >= 4 is 33.3 Å². The van der Waals surface area contributed by atoms with Gasteiger partial charge >= 0.3 is 0 Å². The highest BCUT2D eigenvalue weighted by Crippen LogP contribution is 2.43. The number of aliphatic hydroxyl groups is 1. The molecule has 1 aliphatic rings. The fraction of sp³-hybridized carbons (Fsp3) is 0.300. The molecule has 1 heterocycles. The van der Waals surface area contributed by atoms with E-state index in [-0.39, 0.29) is 12.2 Å². The Labute approximate surface area is 160 Å². The number of amides is 1. The van der Waals surface area contributed by atoms with Gasteiger partial charge in [-0.05, 0) is 43.7 Å². The number of Topliss-reactive ketones (excluding diaryl/α,β-unsaturated/α-hetero) is 1. The van der Waals surface area contributed by atoms with Crippen LogP contribution >= 0.6 is 15.9 Å². The van der Waals surface area contributed by atoms with Gasteiger partial charge in [0.1, 0.15) is 11.5 Å². The van der Waals surface area contributed by atoms with Crippen molar-refractivity contribution in [2.45, 2.75) is 25.4 Å². The number of carbonyl (C=O) groups is 2. The van der Waals surface area contributed by atoms with Crippen molar-refractivity contribution in [1.82, 2.24) is 0 Å². The number of fused-ring (bicyclic) bond motifs is 1. The third-order valence-corrected chi connectivity index (χ3v) is 4.83. The van der Waals surface area contributed by atoms with E-state index in [1.807, 2.05) is 36.4 Å². The number of ether oxygens (including phenoxy) is 1. The molecule has 1 atom stereocenters. The maximum atomic E-state index is 12.9. The minimum atomic E-state index is -1.80. The van der Waals surface area contributed by atoms with Gasteiger partial charge in [0.2, 0.25) is 0 Å². The normalized spacial score (nSPS) is 18.7. The Bertz CT molecular complexity index is 824. The van der Waals surface area contributed by atoms with E-state index in [0.717, 1.165) is 10.2 Å². The zero-order valence-corrected chi connectivity index (χ0v) is 16.0. The zero-order chi connectivity index (χ0) is 18.7. The zero-order valence-electron chi connectivity index (χ0n) is 14.4. The molecule has 0 radical (unpaired) electrons. The molecule has 5 nitrogen and oxygen atoms in total. The van der Waals surface area contributed by atoms with Crippen molar-refractivity contribution in [1.29, 1.82) is 0 Å². The van der Waals surface area contributed by atoms with Gasteiger partial charge < -0.3 is 14.7 Å². The molecule has 0 spiro atoms. The first-order valence-electron chi connectivity index (χ1n) is 8.43. The number of anilines is 1. The highest BCUT2D eigenvalue weighted by Gasteiger charge is 2.50. The van der Waals surface area contributed by atoms with Crippen LogP contribution in [0.4, 0.5) is 5.69 Å². The second kappa shape index (κ2) is 7.60. The van der Waals surface area contributed by atoms with Gasteiger partial charge in [-0.3, -0.25) is 9.59 Å². The molecule has 0 saturated carbocycles. The predicted molar refractivity (Wildman–Crippen MR) is 102 cm³/mol. The summed E-state index contributed by atoms with van der Waals surface area (Å²) in [6.45, 7) is 2.23. The lowest BCUT2D eigenvalue weighted by Gasteiger charge is -2.22. The molecule has 0 aromatic heterocycles. The maximum absolute atomic E-state index is 12.9. The highest BCUT2D eigenvalue weighted by atomic mass is 79.9. The Kier molecular flexibility index (Phi) is 5.44. The van der Waals surface area contributed by atoms with Gasteiger partial charge in [-0.2, -0.15) is 0 Å². The first-order chi connectivity index (χ1) is 12.4. The van der Waals surface area contributed by atoms with Gasteiger partial charge in [-0.1, -0.05) is 34.1 Å². The molecule has 1 unspecified atom stereocenters. The average molecular weight is 418 g/mol. The van der Waals surface area contributed by atoms with Crippen molar-refractivity contribution in [2.75, 3.05) is 18.1 Å². The van der Waals surface area contributed by atoms with Gasteiger partial charge in [-0.15, -0.1) is 0 Å².